The molecule has 2 aliphatic heterocycles. The quantitative estimate of drug-likeness (QED) is 0.925. The highest BCUT2D eigenvalue weighted by Crippen LogP contribution is 2.22. The van der Waals surface area contributed by atoms with Gasteiger partial charge in [0.1, 0.15) is 5.75 Å². The first-order valence-electron chi connectivity index (χ1n) is 8.03. The molecule has 1 aromatic carbocycles. The molecule has 1 unspecified atom stereocenters. The zero-order valence-electron chi connectivity index (χ0n) is 12.5. The third-order valence-electron chi connectivity index (χ3n) is 4.76. The van der Waals surface area contributed by atoms with Crippen LogP contribution in [0.1, 0.15) is 31.2 Å². The van der Waals surface area contributed by atoms with Gasteiger partial charge in [-0.15, -0.1) is 0 Å². The fourth-order valence-corrected chi connectivity index (χ4v) is 3.48. The molecule has 0 saturated carbocycles. The summed E-state index contributed by atoms with van der Waals surface area (Å²) in [6.07, 6.45) is 5.33. The number of aromatic hydroxyl groups is 1. The molecular formula is C17H24N2O2. The molecule has 0 aliphatic carbocycles. The fraction of sp³-hybridized carbons (Fsp3) is 0.588. The lowest BCUT2D eigenvalue weighted by Crippen LogP contribution is -2.41. The summed E-state index contributed by atoms with van der Waals surface area (Å²) in [5.74, 6) is 0.355. The Labute approximate surface area is 126 Å². The number of amides is 1. The summed E-state index contributed by atoms with van der Waals surface area (Å²) in [7, 11) is 0. The van der Waals surface area contributed by atoms with E-state index in [1.807, 2.05) is 17.0 Å². The predicted octanol–water partition coefficient (Wildman–Crippen LogP) is 2.02. The molecule has 3 rings (SSSR count). The van der Waals surface area contributed by atoms with E-state index in [2.05, 4.69) is 4.90 Å². The third-order valence-corrected chi connectivity index (χ3v) is 4.76. The number of carbonyl (C=O) groups is 1. The number of phenols is 1. The lowest BCUT2D eigenvalue weighted by molar-refractivity contribution is -0.129. The zero-order valence-corrected chi connectivity index (χ0v) is 12.5. The molecule has 0 bridgehead atoms. The summed E-state index contributed by atoms with van der Waals surface area (Å²) >= 11 is 0. The number of carbonyl (C=O) groups excluding carboxylic acids is 1. The standard InChI is InChI=1S/C17H24N2O2/c20-16-7-3-2-6-14(16)12-17(21)19-11-8-15(13-19)18-9-4-1-5-10-18/h2-3,6-7,15,20H,1,4-5,8-13H2. The molecule has 4 heteroatoms. The van der Waals surface area contributed by atoms with Crippen LogP contribution in [0.3, 0.4) is 0 Å². The van der Waals surface area contributed by atoms with E-state index in [-0.39, 0.29) is 11.7 Å². The summed E-state index contributed by atoms with van der Waals surface area (Å²) in [4.78, 5) is 16.9. The number of likely N-dealkylation sites (tertiary alicyclic amines) is 2. The van der Waals surface area contributed by atoms with Crippen LogP contribution in [-0.4, -0.2) is 53.0 Å². The molecule has 114 valence electrons. The van der Waals surface area contributed by atoms with Gasteiger partial charge in [0.15, 0.2) is 0 Å². The Hall–Kier alpha value is -1.55. The minimum absolute atomic E-state index is 0.135. The van der Waals surface area contributed by atoms with Gasteiger partial charge < -0.3 is 10.0 Å². The van der Waals surface area contributed by atoms with Gasteiger partial charge in [0.05, 0.1) is 6.42 Å². The van der Waals surface area contributed by atoms with Crippen molar-refractivity contribution in [3.8, 4) is 5.75 Å². The van der Waals surface area contributed by atoms with Crippen LogP contribution in [0.4, 0.5) is 0 Å². The molecular weight excluding hydrogens is 264 g/mol. The first-order chi connectivity index (χ1) is 10.2. The number of phenolic OH excluding ortho intramolecular Hbond substituents is 1. The Bertz CT molecular complexity index is 497. The molecule has 2 fully saturated rings. The Morgan fingerprint density at radius 1 is 1.14 bits per heavy atom. The van der Waals surface area contributed by atoms with Crippen LogP contribution in [-0.2, 0) is 11.2 Å². The van der Waals surface area contributed by atoms with Crippen molar-refractivity contribution in [3.63, 3.8) is 0 Å². The summed E-state index contributed by atoms with van der Waals surface area (Å²) in [5.41, 5.74) is 0.726. The summed E-state index contributed by atoms with van der Waals surface area (Å²) in [5, 5.41) is 9.78. The highest BCUT2D eigenvalue weighted by atomic mass is 16.3. The average Bonchev–Trinajstić information content (AvgIpc) is 3.00. The van der Waals surface area contributed by atoms with Crippen molar-refractivity contribution in [3.05, 3.63) is 29.8 Å². The lowest BCUT2D eigenvalue weighted by Gasteiger charge is -2.32. The maximum atomic E-state index is 12.4. The van der Waals surface area contributed by atoms with E-state index in [1.54, 1.807) is 12.1 Å². The molecule has 2 saturated heterocycles. The SMILES string of the molecule is O=C(Cc1ccccc1O)N1CCC(N2CCCCC2)C1. The van der Waals surface area contributed by atoms with Crippen LogP contribution in [0.15, 0.2) is 24.3 Å². The highest BCUT2D eigenvalue weighted by Gasteiger charge is 2.30. The zero-order chi connectivity index (χ0) is 14.7. The molecule has 1 atom stereocenters. The van der Waals surface area contributed by atoms with Gasteiger partial charge in [-0.05, 0) is 38.4 Å². The maximum absolute atomic E-state index is 12.4. The smallest absolute Gasteiger partial charge is 0.227 e. The molecule has 0 aromatic heterocycles. The Kier molecular flexibility index (Phi) is 4.44. The summed E-state index contributed by atoms with van der Waals surface area (Å²) in [6.45, 7) is 4.08. The molecule has 1 aromatic rings. The van der Waals surface area contributed by atoms with E-state index < -0.39 is 0 Å². The van der Waals surface area contributed by atoms with Gasteiger partial charge in [-0.3, -0.25) is 9.69 Å². The first-order valence-corrected chi connectivity index (χ1v) is 8.03. The topological polar surface area (TPSA) is 43.8 Å². The predicted molar refractivity (Wildman–Crippen MR) is 82.2 cm³/mol. The average molecular weight is 288 g/mol. The lowest BCUT2D eigenvalue weighted by atomic mass is 10.1. The number of benzene rings is 1. The van der Waals surface area contributed by atoms with Crippen molar-refractivity contribution < 1.29 is 9.90 Å². The Morgan fingerprint density at radius 2 is 1.90 bits per heavy atom. The van der Waals surface area contributed by atoms with E-state index in [9.17, 15) is 9.90 Å². The molecule has 1 N–H and O–H groups in total. The fourth-order valence-electron chi connectivity index (χ4n) is 3.48. The van der Waals surface area contributed by atoms with Crippen LogP contribution < -0.4 is 0 Å². The van der Waals surface area contributed by atoms with Crippen LogP contribution in [0.25, 0.3) is 0 Å². The van der Waals surface area contributed by atoms with Gasteiger partial charge in [0, 0.05) is 24.7 Å². The van der Waals surface area contributed by atoms with Gasteiger partial charge in [0.25, 0.3) is 0 Å². The number of hydrogen-bond donors (Lipinski definition) is 1. The summed E-state index contributed by atoms with van der Waals surface area (Å²) in [6, 6.07) is 7.65. The number of piperidine rings is 1. The van der Waals surface area contributed by atoms with Crippen LogP contribution in [0.5, 0.6) is 5.75 Å². The van der Waals surface area contributed by atoms with Crippen LogP contribution >= 0.6 is 0 Å². The van der Waals surface area contributed by atoms with Crippen molar-refractivity contribution in [2.75, 3.05) is 26.2 Å². The maximum Gasteiger partial charge on any atom is 0.227 e. The molecule has 1 amide bonds. The van der Waals surface area contributed by atoms with Gasteiger partial charge in [-0.25, -0.2) is 0 Å². The van der Waals surface area contributed by atoms with Crippen LogP contribution in [0.2, 0.25) is 0 Å². The third kappa shape index (κ3) is 3.38. The largest absolute Gasteiger partial charge is 0.508 e. The minimum Gasteiger partial charge on any atom is -0.508 e. The monoisotopic (exact) mass is 288 g/mol. The second kappa shape index (κ2) is 6.48. The molecule has 2 heterocycles. The molecule has 4 nitrogen and oxygen atoms in total. The number of para-hydroxylation sites is 1. The van der Waals surface area contributed by atoms with E-state index >= 15 is 0 Å². The first kappa shape index (κ1) is 14.4. The number of hydrogen-bond acceptors (Lipinski definition) is 3. The van der Waals surface area contributed by atoms with Crippen LogP contribution in [0, 0.1) is 0 Å². The minimum atomic E-state index is 0.135. The normalized spacial score (nSPS) is 23.4. The van der Waals surface area contributed by atoms with Gasteiger partial charge in [-0.1, -0.05) is 24.6 Å². The molecule has 2 aliphatic rings. The molecule has 0 spiro atoms. The molecule has 21 heavy (non-hydrogen) atoms. The van der Waals surface area contributed by atoms with Crippen molar-refractivity contribution in [2.45, 2.75) is 38.1 Å². The Balaban J connectivity index is 1.55. The second-order valence-corrected chi connectivity index (χ2v) is 6.18. The summed E-state index contributed by atoms with van der Waals surface area (Å²) < 4.78 is 0. The van der Waals surface area contributed by atoms with Gasteiger partial charge in [-0.2, -0.15) is 0 Å². The van der Waals surface area contributed by atoms with E-state index in [4.69, 9.17) is 0 Å². The Morgan fingerprint density at radius 3 is 2.67 bits per heavy atom. The van der Waals surface area contributed by atoms with Gasteiger partial charge >= 0.3 is 0 Å². The number of rotatable bonds is 3. The van der Waals surface area contributed by atoms with Crippen molar-refractivity contribution in [2.24, 2.45) is 0 Å². The van der Waals surface area contributed by atoms with Crippen molar-refractivity contribution >= 4 is 5.91 Å². The van der Waals surface area contributed by atoms with E-state index in [0.29, 0.717) is 12.5 Å². The van der Waals surface area contributed by atoms with Crippen molar-refractivity contribution in [1.82, 2.24) is 9.80 Å². The second-order valence-electron chi connectivity index (χ2n) is 6.18. The van der Waals surface area contributed by atoms with E-state index in [0.717, 1.165) is 25.1 Å². The van der Waals surface area contributed by atoms with Gasteiger partial charge in [0.2, 0.25) is 5.91 Å². The number of nitrogens with zero attached hydrogens (tertiary/aromatic N) is 2. The highest BCUT2D eigenvalue weighted by molar-refractivity contribution is 5.79. The van der Waals surface area contributed by atoms with Crippen molar-refractivity contribution in [1.29, 1.82) is 0 Å². The molecule has 0 radical (unpaired) electrons. The van der Waals surface area contributed by atoms with E-state index in [1.165, 1.54) is 32.4 Å².